The highest BCUT2D eigenvalue weighted by Crippen LogP contribution is 2.41. The van der Waals surface area contributed by atoms with Crippen LogP contribution in [0.1, 0.15) is 25.3 Å². The van der Waals surface area contributed by atoms with Gasteiger partial charge < -0.3 is 11.1 Å². The zero-order valence-corrected chi connectivity index (χ0v) is 11.1. The third-order valence-electron chi connectivity index (χ3n) is 3.85. The Bertz CT molecular complexity index is 560. The van der Waals surface area contributed by atoms with Gasteiger partial charge >= 0.3 is 0 Å². The number of hydrogen-bond donors (Lipinski definition) is 2. The summed E-state index contributed by atoms with van der Waals surface area (Å²) in [6.45, 7) is 3.83. The number of nitrogens with one attached hydrogen (secondary N) is 1. The summed E-state index contributed by atoms with van der Waals surface area (Å²) in [5.74, 6) is -2.12. The van der Waals surface area contributed by atoms with Gasteiger partial charge in [0.1, 0.15) is 6.67 Å². The molecule has 20 heavy (non-hydrogen) atoms. The minimum atomic E-state index is -2.17. The summed E-state index contributed by atoms with van der Waals surface area (Å²) >= 11 is 0. The SMILES string of the molecule is C=C1N[C@](C)(c2cc(N)cc(F)c2F)CC[C@]1(F)CF. The van der Waals surface area contributed by atoms with Gasteiger partial charge in [-0.05, 0) is 31.9 Å². The summed E-state index contributed by atoms with van der Waals surface area (Å²) in [5, 5.41) is 2.67. The molecule has 1 saturated heterocycles. The van der Waals surface area contributed by atoms with Crippen molar-refractivity contribution in [2.45, 2.75) is 31.0 Å². The number of hydrogen-bond acceptors (Lipinski definition) is 2. The van der Waals surface area contributed by atoms with Crippen LogP contribution in [0.25, 0.3) is 0 Å². The molecule has 0 radical (unpaired) electrons. The van der Waals surface area contributed by atoms with Gasteiger partial charge in [0.2, 0.25) is 0 Å². The predicted octanol–water partition coefficient (Wildman–Crippen LogP) is 3.34. The lowest BCUT2D eigenvalue weighted by Gasteiger charge is -2.43. The van der Waals surface area contributed by atoms with Crippen LogP contribution in [0.2, 0.25) is 0 Å². The molecule has 1 aliphatic heterocycles. The van der Waals surface area contributed by atoms with E-state index in [1.165, 1.54) is 6.07 Å². The fourth-order valence-corrected chi connectivity index (χ4v) is 2.47. The number of rotatable bonds is 2. The smallest absolute Gasteiger partial charge is 0.177 e. The maximum Gasteiger partial charge on any atom is 0.177 e. The van der Waals surface area contributed by atoms with Crippen molar-refractivity contribution in [3.05, 3.63) is 41.6 Å². The first kappa shape index (κ1) is 14.7. The maximum atomic E-state index is 14.1. The van der Waals surface area contributed by atoms with Crippen LogP contribution >= 0.6 is 0 Å². The molecule has 1 aliphatic rings. The minimum Gasteiger partial charge on any atom is -0.399 e. The minimum absolute atomic E-state index is 0.0166. The molecule has 2 atom stereocenters. The average molecular weight is 288 g/mol. The number of piperidine rings is 1. The molecule has 0 bridgehead atoms. The van der Waals surface area contributed by atoms with Gasteiger partial charge in [-0.15, -0.1) is 0 Å². The van der Waals surface area contributed by atoms with Crippen LogP contribution < -0.4 is 11.1 Å². The van der Waals surface area contributed by atoms with E-state index < -0.39 is 29.5 Å². The second kappa shape index (κ2) is 4.68. The van der Waals surface area contributed by atoms with Crippen molar-refractivity contribution in [3.8, 4) is 0 Å². The van der Waals surface area contributed by atoms with Crippen LogP contribution in [-0.2, 0) is 5.54 Å². The lowest BCUT2D eigenvalue weighted by molar-refractivity contribution is 0.0880. The van der Waals surface area contributed by atoms with Crippen LogP contribution in [0.15, 0.2) is 24.4 Å². The third-order valence-corrected chi connectivity index (χ3v) is 3.85. The van der Waals surface area contributed by atoms with Gasteiger partial charge in [0, 0.05) is 16.9 Å². The molecular formula is C14H16F4N2. The van der Waals surface area contributed by atoms with Crippen molar-refractivity contribution in [1.82, 2.24) is 5.32 Å². The Balaban J connectivity index is 2.41. The standard InChI is InChI=1S/C14H16F4N2/c1-8-14(18,7-15)4-3-13(2,20-8)10-5-9(19)6-11(16)12(10)17/h5-6,20H,1,3-4,7,19H2,2H3/t13-,14-/m0/s1. The lowest BCUT2D eigenvalue weighted by atomic mass is 9.78. The number of halogens is 4. The van der Waals surface area contributed by atoms with E-state index in [0.717, 1.165) is 6.07 Å². The number of anilines is 1. The second-order valence-electron chi connectivity index (χ2n) is 5.40. The number of benzene rings is 1. The fraction of sp³-hybridized carbons (Fsp3) is 0.429. The summed E-state index contributed by atoms with van der Waals surface area (Å²) in [7, 11) is 0. The topological polar surface area (TPSA) is 38.0 Å². The van der Waals surface area contributed by atoms with E-state index in [1.807, 2.05) is 0 Å². The summed E-state index contributed by atoms with van der Waals surface area (Å²) in [4.78, 5) is 0. The number of allylic oxidation sites excluding steroid dienone is 1. The Morgan fingerprint density at radius 3 is 2.55 bits per heavy atom. The van der Waals surface area contributed by atoms with Crippen molar-refractivity contribution >= 4 is 5.69 Å². The summed E-state index contributed by atoms with van der Waals surface area (Å²) in [5.41, 5.74) is 2.14. The van der Waals surface area contributed by atoms with Crippen LogP contribution in [0.5, 0.6) is 0 Å². The highest BCUT2D eigenvalue weighted by molar-refractivity contribution is 5.45. The van der Waals surface area contributed by atoms with Crippen molar-refractivity contribution in [2.24, 2.45) is 0 Å². The lowest BCUT2D eigenvalue weighted by Crippen LogP contribution is -2.52. The third kappa shape index (κ3) is 2.23. The molecule has 2 nitrogen and oxygen atoms in total. The highest BCUT2D eigenvalue weighted by atomic mass is 19.2. The summed E-state index contributed by atoms with van der Waals surface area (Å²) in [6, 6.07) is 2.17. The molecule has 1 heterocycles. The number of alkyl halides is 2. The number of nitrogen functional groups attached to an aromatic ring is 1. The van der Waals surface area contributed by atoms with Gasteiger partial charge in [-0.25, -0.2) is 17.6 Å². The Labute approximate surface area is 114 Å². The highest BCUT2D eigenvalue weighted by Gasteiger charge is 2.45. The average Bonchev–Trinajstić information content (AvgIpc) is 2.39. The molecule has 1 aromatic rings. The first-order valence-corrected chi connectivity index (χ1v) is 6.19. The monoisotopic (exact) mass is 288 g/mol. The first-order chi connectivity index (χ1) is 9.22. The zero-order chi connectivity index (χ0) is 15.1. The maximum absolute atomic E-state index is 14.1. The van der Waals surface area contributed by atoms with Crippen LogP contribution in [0.3, 0.4) is 0 Å². The van der Waals surface area contributed by atoms with Gasteiger partial charge in [-0.3, -0.25) is 0 Å². The van der Waals surface area contributed by atoms with Crippen molar-refractivity contribution in [1.29, 1.82) is 0 Å². The van der Waals surface area contributed by atoms with Gasteiger partial charge in [0.05, 0.1) is 5.54 Å². The molecule has 1 fully saturated rings. The van der Waals surface area contributed by atoms with Crippen LogP contribution in [0.4, 0.5) is 23.2 Å². The Morgan fingerprint density at radius 1 is 1.35 bits per heavy atom. The second-order valence-corrected chi connectivity index (χ2v) is 5.40. The molecule has 0 amide bonds. The van der Waals surface area contributed by atoms with Crippen molar-refractivity contribution in [2.75, 3.05) is 12.4 Å². The molecule has 110 valence electrons. The molecule has 0 saturated carbocycles. The Hall–Kier alpha value is -1.72. The molecule has 0 aromatic heterocycles. The van der Waals surface area contributed by atoms with Gasteiger partial charge in [-0.1, -0.05) is 6.58 Å². The van der Waals surface area contributed by atoms with E-state index in [1.54, 1.807) is 6.92 Å². The van der Waals surface area contributed by atoms with Crippen molar-refractivity contribution in [3.63, 3.8) is 0 Å². The van der Waals surface area contributed by atoms with Crippen LogP contribution in [-0.4, -0.2) is 12.3 Å². The molecule has 6 heteroatoms. The molecule has 2 rings (SSSR count). The van der Waals surface area contributed by atoms with Gasteiger partial charge in [0.25, 0.3) is 0 Å². The van der Waals surface area contributed by atoms with E-state index in [4.69, 9.17) is 5.73 Å². The normalized spacial score (nSPS) is 30.1. The van der Waals surface area contributed by atoms with E-state index in [-0.39, 0.29) is 29.8 Å². The van der Waals surface area contributed by atoms with Crippen molar-refractivity contribution < 1.29 is 17.6 Å². The van der Waals surface area contributed by atoms with E-state index in [9.17, 15) is 17.6 Å². The quantitative estimate of drug-likeness (QED) is 0.647. The van der Waals surface area contributed by atoms with E-state index in [2.05, 4.69) is 11.9 Å². The largest absolute Gasteiger partial charge is 0.399 e. The predicted molar refractivity (Wildman–Crippen MR) is 69.4 cm³/mol. The zero-order valence-electron chi connectivity index (χ0n) is 11.1. The molecule has 3 N–H and O–H groups in total. The van der Waals surface area contributed by atoms with E-state index >= 15 is 0 Å². The molecule has 0 unspecified atom stereocenters. The van der Waals surface area contributed by atoms with Crippen LogP contribution in [0, 0.1) is 11.6 Å². The van der Waals surface area contributed by atoms with Gasteiger partial charge in [0.15, 0.2) is 17.3 Å². The summed E-state index contributed by atoms with van der Waals surface area (Å²) < 4.78 is 54.2. The summed E-state index contributed by atoms with van der Waals surface area (Å²) in [6.07, 6.45) is -0.0755. The Kier molecular flexibility index (Phi) is 3.44. The van der Waals surface area contributed by atoms with Gasteiger partial charge in [-0.2, -0.15) is 0 Å². The number of nitrogens with two attached hydrogens (primary N) is 1. The molecule has 0 aliphatic carbocycles. The molecule has 1 aromatic carbocycles. The first-order valence-electron chi connectivity index (χ1n) is 6.19. The Morgan fingerprint density at radius 2 is 2.00 bits per heavy atom. The fourth-order valence-electron chi connectivity index (χ4n) is 2.47. The molecule has 0 spiro atoms. The van der Waals surface area contributed by atoms with E-state index in [0.29, 0.717) is 0 Å². The molecular weight excluding hydrogens is 272 g/mol.